The molecule has 22 heavy (non-hydrogen) atoms. The zero-order valence-electron chi connectivity index (χ0n) is 12.1. The molecular formula is C13H19N3O5S. The molecule has 0 radical (unpaired) electrons. The number of aryl methyl sites for hydroxylation is 1. The smallest absolute Gasteiger partial charge is 0.321 e. The first-order valence-electron chi connectivity index (χ1n) is 6.57. The average Bonchev–Trinajstić information content (AvgIpc) is 2.42. The van der Waals surface area contributed by atoms with E-state index in [0.29, 0.717) is 0 Å². The fourth-order valence-electron chi connectivity index (χ4n) is 1.72. The number of hydrogen-bond donors (Lipinski definition) is 4. The van der Waals surface area contributed by atoms with Crippen molar-refractivity contribution in [1.29, 1.82) is 0 Å². The maximum Gasteiger partial charge on any atom is 0.321 e. The topological polar surface area (TPSA) is 139 Å². The van der Waals surface area contributed by atoms with Gasteiger partial charge in [0.2, 0.25) is 10.0 Å². The van der Waals surface area contributed by atoms with Crippen LogP contribution >= 0.6 is 0 Å². The number of hydrogen-bond acceptors (Lipinski definition) is 4. The number of carboxylic acid groups (broad SMARTS) is 1. The molecule has 0 aromatic heterocycles. The van der Waals surface area contributed by atoms with Crippen LogP contribution in [0.15, 0.2) is 29.2 Å². The lowest BCUT2D eigenvalue weighted by Gasteiger charge is -2.15. The monoisotopic (exact) mass is 329 g/mol. The molecule has 9 heteroatoms. The fourth-order valence-corrected chi connectivity index (χ4v) is 2.95. The standard InChI is InChI=1S/C13H19N3O5S/c1-9-4-6-10(7-5-9)22(20,21)16-11(12(17)18)3-2-8-15-13(14)19/h4-7,11,16H,2-3,8H2,1H3,(H,17,18)(H3,14,15,19)/t11-/m1/s1. The van der Waals surface area contributed by atoms with E-state index in [9.17, 15) is 18.0 Å². The second-order valence-corrected chi connectivity index (χ2v) is 6.47. The molecular weight excluding hydrogens is 310 g/mol. The van der Waals surface area contributed by atoms with Crippen LogP contribution in [0.3, 0.4) is 0 Å². The van der Waals surface area contributed by atoms with E-state index in [1.54, 1.807) is 12.1 Å². The molecule has 0 aliphatic rings. The van der Waals surface area contributed by atoms with Gasteiger partial charge in [0.05, 0.1) is 4.90 Å². The zero-order valence-corrected chi connectivity index (χ0v) is 12.9. The number of sulfonamides is 1. The first-order chi connectivity index (χ1) is 10.2. The molecule has 0 fully saturated rings. The van der Waals surface area contributed by atoms with E-state index in [1.165, 1.54) is 12.1 Å². The minimum Gasteiger partial charge on any atom is -0.480 e. The predicted octanol–water partition coefficient (Wildman–Crippen LogP) is 0.175. The molecule has 0 heterocycles. The normalized spacial score (nSPS) is 12.6. The Balaban J connectivity index is 2.71. The predicted molar refractivity (Wildman–Crippen MR) is 79.7 cm³/mol. The van der Waals surface area contributed by atoms with Crippen LogP contribution in [0.1, 0.15) is 18.4 Å². The van der Waals surface area contributed by atoms with Crippen LogP contribution in [0.5, 0.6) is 0 Å². The number of carboxylic acids is 1. The van der Waals surface area contributed by atoms with Crippen molar-refractivity contribution in [3.8, 4) is 0 Å². The molecule has 1 rings (SSSR count). The Bertz CT molecular complexity index is 628. The highest BCUT2D eigenvalue weighted by Gasteiger charge is 2.24. The van der Waals surface area contributed by atoms with Crippen LogP contribution in [-0.2, 0) is 14.8 Å². The first kappa shape index (κ1) is 17.9. The maximum atomic E-state index is 12.1. The number of aliphatic carboxylic acids is 1. The number of benzene rings is 1. The molecule has 122 valence electrons. The van der Waals surface area contributed by atoms with E-state index in [1.807, 2.05) is 6.92 Å². The lowest BCUT2D eigenvalue weighted by atomic mass is 10.2. The number of carbonyl (C=O) groups is 2. The van der Waals surface area contributed by atoms with Gasteiger partial charge in [-0.25, -0.2) is 13.2 Å². The van der Waals surface area contributed by atoms with Crippen LogP contribution in [0.25, 0.3) is 0 Å². The summed E-state index contributed by atoms with van der Waals surface area (Å²) in [6.45, 7) is 1.99. The fraction of sp³-hybridized carbons (Fsp3) is 0.385. The summed E-state index contributed by atoms with van der Waals surface area (Å²) in [4.78, 5) is 21.7. The van der Waals surface area contributed by atoms with Gasteiger partial charge in [-0.1, -0.05) is 17.7 Å². The zero-order chi connectivity index (χ0) is 16.8. The van der Waals surface area contributed by atoms with E-state index in [2.05, 4.69) is 10.0 Å². The van der Waals surface area contributed by atoms with Crippen molar-refractivity contribution >= 4 is 22.0 Å². The minimum absolute atomic E-state index is 0.000360. The van der Waals surface area contributed by atoms with Crippen molar-refractivity contribution in [1.82, 2.24) is 10.0 Å². The van der Waals surface area contributed by atoms with Crippen molar-refractivity contribution in [3.63, 3.8) is 0 Å². The number of nitrogens with two attached hydrogens (primary N) is 1. The van der Waals surface area contributed by atoms with Crippen molar-refractivity contribution in [2.45, 2.75) is 30.7 Å². The second kappa shape index (κ2) is 7.76. The van der Waals surface area contributed by atoms with Gasteiger partial charge in [-0.05, 0) is 31.9 Å². The quantitative estimate of drug-likeness (QED) is 0.504. The van der Waals surface area contributed by atoms with Gasteiger partial charge in [0.15, 0.2) is 0 Å². The number of rotatable bonds is 8. The van der Waals surface area contributed by atoms with Gasteiger partial charge in [0, 0.05) is 6.54 Å². The number of amides is 2. The summed E-state index contributed by atoms with van der Waals surface area (Å²) in [6, 6.07) is 4.08. The van der Waals surface area contributed by atoms with Gasteiger partial charge in [-0.2, -0.15) is 4.72 Å². The summed E-state index contributed by atoms with van der Waals surface area (Å²) in [7, 11) is -3.92. The summed E-state index contributed by atoms with van der Waals surface area (Å²) in [5.74, 6) is -1.28. The first-order valence-corrected chi connectivity index (χ1v) is 8.06. The number of primary amides is 1. The van der Waals surface area contributed by atoms with E-state index < -0.39 is 28.1 Å². The molecule has 1 aromatic rings. The second-order valence-electron chi connectivity index (χ2n) is 4.76. The van der Waals surface area contributed by atoms with Gasteiger partial charge >= 0.3 is 12.0 Å². The number of urea groups is 1. The largest absolute Gasteiger partial charge is 0.480 e. The van der Waals surface area contributed by atoms with Gasteiger partial charge in [0.1, 0.15) is 6.04 Å². The summed E-state index contributed by atoms with van der Waals surface area (Å²) >= 11 is 0. The van der Waals surface area contributed by atoms with E-state index in [0.717, 1.165) is 5.56 Å². The van der Waals surface area contributed by atoms with E-state index in [4.69, 9.17) is 10.8 Å². The van der Waals surface area contributed by atoms with E-state index >= 15 is 0 Å². The molecule has 0 unspecified atom stereocenters. The molecule has 1 atom stereocenters. The van der Waals surface area contributed by atoms with Crippen LogP contribution in [-0.4, -0.2) is 38.1 Å². The molecule has 2 amide bonds. The van der Waals surface area contributed by atoms with Crippen LogP contribution < -0.4 is 15.8 Å². The van der Waals surface area contributed by atoms with Gasteiger partial charge < -0.3 is 16.2 Å². The Labute approximate surface area is 128 Å². The minimum atomic E-state index is -3.92. The average molecular weight is 329 g/mol. The molecule has 8 nitrogen and oxygen atoms in total. The lowest BCUT2D eigenvalue weighted by molar-refractivity contribution is -0.139. The van der Waals surface area contributed by atoms with E-state index in [-0.39, 0.29) is 24.3 Å². The number of nitrogens with one attached hydrogen (secondary N) is 2. The molecule has 0 saturated heterocycles. The maximum absolute atomic E-state index is 12.1. The van der Waals surface area contributed by atoms with Crippen molar-refractivity contribution in [3.05, 3.63) is 29.8 Å². The third-order valence-corrected chi connectivity index (χ3v) is 4.38. The Kier molecular flexibility index (Phi) is 6.32. The third kappa shape index (κ3) is 5.70. The highest BCUT2D eigenvalue weighted by molar-refractivity contribution is 7.89. The van der Waals surface area contributed by atoms with Crippen molar-refractivity contribution in [2.24, 2.45) is 5.73 Å². The highest BCUT2D eigenvalue weighted by Crippen LogP contribution is 2.11. The number of carbonyl (C=O) groups excluding carboxylic acids is 1. The lowest BCUT2D eigenvalue weighted by Crippen LogP contribution is -2.41. The Morgan fingerprint density at radius 1 is 1.27 bits per heavy atom. The molecule has 0 saturated carbocycles. The van der Waals surface area contributed by atoms with Gasteiger partial charge in [-0.15, -0.1) is 0 Å². The Morgan fingerprint density at radius 2 is 1.86 bits per heavy atom. The van der Waals surface area contributed by atoms with Crippen LogP contribution in [0.2, 0.25) is 0 Å². The highest BCUT2D eigenvalue weighted by atomic mass is 32.2. The Hall–Kier alpha value is -2.13. The summed E-state index contributed by atoms with van der Waals surface area (Å²) < 4.78 is 26.4. The van der Waals surface area contributed by atoms with Crippen LogP contribution in [0, 0.1) is 6.92 Å². The molecule has 0 bridgehead atoms. The molecule has 0 aliphatic carbocycles. The molecule has 1 aromatic carbocycles. The third-order valence-electron chi connectivity index (χ3n) is 2.90. The summed E-state index contributed by atoms with van der Waals surface area (Å²) in [6.07, 6.45) is 0.303. The van der Waals surface area contributed by atoms with Crippen LogP contribution in [0.4, 0.5) is 4.79 Å². The summed E-state index contributed by atoms with van der Waals surface area (Å²) in [5.41, 5.74) is 5.78. The molecule has 0 aliphatic heterocycles. The van der Waals surface area contributed by atoms with Gasteiger partial charge in [0.25, 0.3) is 0 Å². The molecule has 0 spiro atoms. The summed E-state index contributed by atoms with van der Waals surface area (Å²) in [5, 5.41) is 11.4. The molecule has 5 N–H and O–H groups in total. The van der Waals surface area contributed by atoms with Crippen molar-refractivity contribution < 1.29 is 23.1 Å². The SMILES string of the molecule is Cc1ccc(S(=O)(=O)N[C@H](CCCNC(N)=O)C(=O)O)cc1. The van der Waals surface area contributed by atoms with Gasteiger partial charge in [-0.3, -0.25) is 4.79 Å². The van der Waals surface area contributed by atoms with Crippen molar-refractivity contribution in [2.75, 3.05) is 6.54 Å². The Morgan fingerprint density at radius 3 is 2.36 bits per heavy atom.